The van der Waals surface area contributed by atoms with Crippen LogP contribution in [-0.2, 0) is 4.79 Å². The SMILES string of the molecule is Cc1cc(C)cc(OC(C)C(=O)Nc2cccc(-c3ccc4nncn4n3)c2)c1. The molecular formula is C22H21N5O2. The Morgan fingerprint density at radius 3 is 2.66 bits per heavy atom. The number of benzene rings is 2. The average molecular weight is 387 g/mol. The van der Waals surface area contributed by atoms with Crippen molar-refractivity contribution in [1.29, 1.82) is 0 Å². The number of carbonyl (C=O) groups is 1. The highest BCUT2D eigenvalue weighted by Crippen LogP contribution is 2.22. The Bertz CT molecular complexity index is 1160. The van der Waals surface area contributed by atoms with Gasteiger partial charge in [0.05, 0.1) is 5.69 Å². The Hall–Kier alpha value is -3.74. The quantitative estimate of drug-likeness (QED) is 0.563. The number of hydrogen-bond donors (Lipinski definition) is 1. The van der Waals surface area contributed by atoms with E-state index >= 15 is 0 Å². The lowest BCUT2D eigenvalue weighted by atomic mass is 10.1. The molecule has 4 rings (SSSR count). The molecule has 7 heteroatoms. The number of amides is 1. The maximum absolute atomic E-state index is 12.6. The number of rotatable bonds is 5. The van der Waals surface area contributed by atoms with Crippen molar-refractivity contribution in [3.8, 4) is 17.0 Å². The van der Waals surface area contributed by atoms with Crippen molar-refractivity contribution in [1.82, 2.24) is 19.8 Å². The van der Waals surface area contributed by atoms with Gasteiger partial charge in [0, 0.05) is 11.3 Å². The zero-order chi connectivity index (χ0) is 20.4. The van der Waals surface area contributed by atoms with Crippen molar-refractivity contribution in [2.24, 2.45) is 0 Å². The highest BCUT2D eigenvalue weighted by molar-refractivity contribution is 5.94. The highest BCUT2D eigenvalue weighted by Gasteiger charge is 2.16. The molecule has 0 saturated carbocycles. The van der Waals surface area contributed by atoms with Gasteiger partial charge in [-0.05, 0) is 68.3 Å². The molecule has 1 amide bonds. The van der Waals surface area contributed by atoms with Gasteiger partial charge in [-0.15, -0.1) is 10.2 Å². The Morgan fingerprint density at radius 1 is 1.07 bits per heavy atom. The second kappa shape index (κ2) is 7.71. The summed E-state index contributed by atoms with van der Waals surface area (Å²) >= 11 is 0. The maximum Gasteiger partial charge on any atom is 0.265 e. The third-order valence-corrected chi connectivity index (χ3v) is 4.46. The summed E-state index contributed by atoms with van der Waals surface area (Å²) in [5.74, 6) is 0.467. The molecule has 0 spiro atoms. The molecule has 146 valence electrons. The van der Waals surface area contributed by atoms with Gasteiger partial charge in [0.25, 0.3) is 5.91 Å². The van der Waals surface area contributed by atoms with Gasteiger partial charge in [-0.3, -0.25) is 4.79 Å². The lowest BCUT2D eigenvalue weighted by Gasteiger charge is -2.16. The van der Waals surface area contributed by atoms with Crippen LogP contribution in [0, 0.1) is 13.8 Å². The van der Waals surface area contributed by atoms with Crippen molar-refractivity contribution in [2.45, 2.75) is 26.9 Å². The van der Waals surface area contributed by atoms with E-state index in [1.54, 1.807) is 17.8 Å². The average Bonchev–Trinajstić information content (AvgIpc) is 3.15. The van der Waals surface area contributed by atoms with Gasteiger partial charge in [-0.25, -0.2) is 0 Å². The van der Waals surface area contributed by atoms with Gasteiger partial charge in [0.15, 0.2) is 11.8 Å². The van der Waals surface area contributed by atoms with Crippen LogP contribution in [0.3, 0.4) is 0 Å². The fourth-order valence-electron chi connectivity index (χ4n) is 3.14. The molecule has 2 aromatic carbocycles. The number of carbonyl (C=O) groups excluding carboxylic acids is 1. The number of aryl methyl sites for hydroxylation is 2. The van der Waals surface area contributed by atoms with Crippen LogP contribution in [0.25, 0.3) is 16.9 Å². The normalized spacial score (nSPS) is 12.0. The van der Waals surface area contributed by atoms with Gasteiger partial charge in [0.2, 0.25) is 0 Å². The molecule has 7 nitrogen and oxygen atoms in total. The lowest BCUT2D eigenvalue weighted by molar-refractivity contribution is -0.122. The monoisotopic (exact) mass is 387 g/mol. The lowest BCUT2D eigenvalue weighted by Crippen LogP contribution is -2.30. The van der Waals surface area contributed by atoms with Crippen LogP contribution in [0.15, 0.2) is 60.9 Å². The van der Waals surface area contributed by atoms with Crippen LogP contribution in [0.4, 0.5) is 5.69 Å². The summed E-state index contributed by atoms with van der Waals surface area (Å²) < 4.78 is 7.43. The van der Waals surface area contributed by atoms with E-state index in [1.165, 1.54) is 0 Å². The maximum atomic E-state index is 12.6. The first kappa shape index (κ1) is 18.6. The molecule has 0 saturated heterocycles. The highest BCUT2D eigenvalue weighted by atomic mass is 16.5. The van der Waals surface area contributed by atoms with E-state index in [1.807, 2.05) is 62.4 Å². The number of ether oxygens (including phenoxy) is 1. The number of fused-ring (bicyclic) bond motifs is 1. The summed E-state index contributed by atoms with van der Waals surface area (Å²) in [7, 11) is 0. The summed E-state index contributed by atoms with van der Waals surface area (Å²) in [5.41, 5.74) is 5.18. The molecule has 1 N–H and O–H groups in total. The molecule has 1 atom stereocenters. The minimum atomic E-state index is -0.633. The molecule has 1 unspecified atom stereocenters. The fourth-order valence-corrected chi connectivity index (χ4v) is 3.14. The molecule has 29 heavy (non-hydrogen) atoms. The number of anilines is 1. The first-order valence-electron chi connectivity index (χ1n) is 9.31. The second-order valence-corrected chi connectivity index (χ2v) is 7.01. The van der Waals surface area contributed by atoms with Crippen LogP contribution in [0.2, 0.25) is 0 Å². The van der Waals surface area contributed by atoms with Crippen LogP contribution < -0.4 is 10.1 Å². The summed E-state index contributed by atoms with van der Waals surface area (Å²) in [6, 6.07) is 17.1. The molecule has 2 heterocycles. The number of nitrogens with zero attached hydrogens (tertiary/aromatic N) is 4. The number of hydrogen-bond acceptors (Lipinski definition) is 5. The number of nitrogens with one attached hydrogen (secondary N) is 1. The minimum absolute atomic E-state index is 0.219. The largest absolute Gasteiger partial charge is 0.481 e. The third-order valence-electron chi connectivity index (χ3n) is 4.46. The Kier molecular flexibility index (Phi) is 4.95. The molecule has 0 aliphatic carbocycles. The van der Waals surface area contributed by atoms with Gasteiger partial charge in [0.1, 0.15) is 12.1 Å². The van der Waals surface area contributed by atoms with Gasteiger partial charge < -0.3 is 10.1 Å². The molecule has 2 aromatic heterocycles. The van der Waals surface area contributed by atoms with Crippen molar-refractivity contribution in [3.05, 3.63) is 72.1 Å². The molecule has 0 bridgehead atoms. The smallest absolute Gasteiger partial charge is 0.265 e. The second-order valence-electron chi connectivity index (χ2n) is 7.01. The Balaban J connectivity index is 1.48. The molecule has 0 aliphatic heterocycles. The summed E-state index contributed by atoms with van der Waals surface area (Å²) in [4.78, 5) is 12.6. The minimum Gasteiger partial charge on any atom is -0.481 e. The zero-order valence-electron chi connectivity index (χ0n) is 16.5. The zero-order valence-corrected chi connectivity index (χ0v) is 16.5. The summed E-state index contributed by atoms with van der Waals surface area (Å²) in [6.07, 6.45) is 0.919. The van der Waals surface area contributed by atoms with E-state index in [0.717, 1.165) is 22.4 Å². The predicted molar refractivity (Wildman–Crippen MR) is 111 cm³/mol. The van der Waals surface area contributed by atoms with Crippen LogP contribution in [-0.4, -0.2) is 31.8 Å². The van der Waals surface area contributed by atoms with Crippen LogP contribution in [0.5, 0.6) is 5.75 Å². The topological polar surface area (TPSA) is 81.4 Å². The Morgan fingerprint density at radius 2 is 1.86 bits per heavy atom. The molecule has 4 aromatic rings. The standard InChI is InChI=1S/C22H21N5O2/c1-14-9-15(2)11-19(10-14)29-16(3)22(28)24-18-6-4-5-17(12-18)20-7-8-21-25-23-13-27(21)26-20/h4-13,16H,1-3H3,(H,24,28). The van der Waals surface area contributed by atoms with E-state index in [-0.39, 0.29) is 5.91 Å². The van der Waals surface area contributed by atoms with Gasteiger partial charge >= 0.3 is 0 Å². The van der Waals surface area contributed by atoms with Crippen molar-refractivity contribution >= 4 is 17.2 Å². The first-order valence-corrected chi connectivity index (χ1v) is 9.31. The third kappa shape index (κ3) is 4.24. The molecular weight excluding hydrogens is 366 g/mol. The van der Waals surface area contributed by atoms with Gasteiger partial charge in [-0.1, -0.05) is 18.2 Å². The fraction of sp³-hybridized carbons (Fsp3) is 0.182. The van der Waals surface area contributed by atoms with E-state index in [4.69, 9.17) is 4.74 Å². The Labute approximate surface area is 168 Å². The molecule has 0 aliphatic rings. The van der Waals surface area contributed by atoms with E-state index in [2.05, 4.69) is 26.7 Å². The van der Waals surface area contributed by atoms with E-state index in [9.17, 15) is 4.79 Å². The summed E-state index contributed by atoms with van der Waals surface area (Å²) in [6.45, 7) is 5.74. The van der Waals surface area contributed by atoms with Crippen LogP contribution >= 0.6 is 0 Å². The van der Waals surface area contributed by atoms with Crippen molar-refractivity contribution in [2.75, 3.05) is 5.32 Å². The van der Waals surface area contributed by atoms with E-state index < -0.39 is 6.10 Å². The number of aromatic nitrogens is 4. The first-order chi connectivity index (χ1) is 14.0. The van der Waals surface area contributed by atoms with E-state index in [0.29, 0.717) is 17.1 Å². The van der Waals surface area contributed by atoms with Crippen LogP contribution in [0.1, 0.15) is 18.1 Å². The summed E-state index contributed by atoms with van der Waals surface area (Å²) in [5, 5.41) is 15.2. The van der Waals surface area contributed by atoms with Crippen molar-refractivity contribution < 1.29 is 9.53 Å². The molecule has 0 radical (unpaired) electrons. The van der Waals surface area contributed by atoms with Crippen molar-refractivity contribution in [3.63, 3.8) is 0 Å². The van der Waals surface area contributed by atoms with Gasteiger partial charge in [-0.2, -0.15) is 9.61 Å². The molecule has 0 fully saturated rings. The predicted octanol–water partition coefficient (Wildman–Crippen LogP) is 3.81.